The van der Waals surface area contributed by atoms with Gasteiger partial charge in [0.25, 0.3) is 0 Å². The molecule has 20 rings (SSSR count). The molecule has 0 spiro atoms. The highest BCUT2D eigenvalue weighted by molar-refractivity contribution is 5.93. The molecule has 5 N–H and O–H groups in total. The lowest BCUT2D eigenvalue weighted by Crippen LogP contribution is -2.51. The van der Waals surface area contributed by atoms with Crippen LogP contribution in [0.2, 0.25) is 0 Å². The van der Waals surface area contributed by atoms with E-state index in [-0.39, 0.29) is 154 Å². The second-order valence-corrected chi connectivity index (χ2v) is 41.5. The highest BCUT2D eigenvalue weighted by Gasteiger charge is 2.67. The summed E-state index contributed by atoms with van der Waals surface area (Å²) < 4.78 is 237. The molecule has 10 heteroatoms. The smallest absolute Gasteiger partial charge is 0.155 e. The molecular weight excluding hydrogens is 1360 g/mol. The third-order valence-corrected chi connectivity index (χ3v) is 36.5. The number of hydrogen-bond acceptors (Lipinski definition) is 10. The second-order valence-electron chi connectivity index (χ2n) is 41.5. The number of aliphatic hydroxyl groups is 5. The van der Waals surface area contributed by atoms with Crippen LogP contribution in [0.4, 0.5) is 0 Å². The Morgan fingerprint density at radius 2 is 0.673 bits per heavy atom. The van der Waals surface area contributed by atoms with Crippen molar-refractivity contribution in [3.05, 3.63) is 58.2 Å². The highest BCUT2D eigenvalue weighted by Crippen LogP contribution is 2.73. The van der Waals surface area contributed by atoms with Crippen LogP contribution in [0.5, 0.6) is 0 Å². The van der Waals surface area contributed by atoms with Gasteiger partial charge in [-0.25, -0.2) is 0 Å². The molecule has 20 aliphatic carbocycles. The van der Waals surface area contributed by atoms with Crippen LogP contribution in [0.15, 0.2) is 58.2 Å². The summed E-state index contributed by atoms with van der Waals surface area (Å²) in [6.07, 6.45) is 7.83. The lowest BCUT2D eigenvalue weighted by Gasteiger charge is -2.57. The molecule has 20 aliphatic rings. The van der Waals surface area contributed by atoms with Crippen molar-refractivity contribution in [2.45, 2.75) is 359 Å². The third-order valence-electron chi connectivity index (χ3n) is 36.5. The monoisotopic (exact) mass is 1540 g/mol. The van der Waals surface area contributed by atoms with Gasteiger partial charge in [-0.3, -0.25) is 24.0 Å². The summed E-state index contributed by atoms with van der Waals surface area (Å²) in [5, 5.41) is 54.4. The quantitative estimate of drug-likeness (QED) is 0.156. The van der Waals surface area contributed by atoms with E-state index in [0.717, 1.165) is 56.1 Å². The Morgan fingerprint density at radius 1 is 0.336 bits per heavy atom. The topological polar surface area (TPSA) is 186 Å². The van der Waals surface area contributed by atoms with E-state index < -0.39 is 182 Å². The first-order valence-corrected chi connectivity index (χ1v) is 43.4. The molecule has 15 fully saturated rings. The fourth-order valence-electron chi connectivity index (χ4n) is 30.4. The van der Waals surface area contributed by atoms with Gasteiger partial charge in [-0.2, -0.15) is 0 Å². The predicted molar refractivity (Wildman–Crippen MR) is 436 cm³/mol. The van der Waals surface area contributed by atoms with Crippen molar-refractivity contribution in [2.75, 3.05) is 0 Å². The fraction of sp³-hybridized carbons (Fsp3) is 0.850. The van der Waals surface area contributed by atoms with Crippen molar-refractivity contribution in [3.8, 4) is 0 Å². The van der Waals surface area contributed by atoms with Crippen LogP contribution < -0.4 is 0 Å². The molecule has 0 bridgehead atoms. The molecule has 110 heavy (non-hydrogen) atoms. The Hall–Kier alpha value is -3.15. The Labute approximate surface area is 703 Å². The summed E-state index contributed by atoms with van der Waals surface area (Å²) in [5.41, 5.74) is -6.25. The van der Waals surface area contributed by atoms with Gasteiger partial charge < -0.3 is 25.5 Å². The summed E-state index contributed by atoms with van der Waals surface area (Å²) in [6.45, 7) is 7.35. The number of carbonyl (C=O) groups is 5. The van der Waals surface area contributed by atoms with E-state index in [9.17, 15) is 49.5 Å². The lowest BCUT2D eigenvalue weighted by molar-refractivity contribution is -0.118. The SMILES string of the molecule is [2H]C1(C)C[C@H]2[C@@H]3CCC4=CC(=O)CC[C@]4(C([2H])([2H])[2H])[C@H]3CC[C@]2(C)[C@@]1([2H])O.[2H]C1(C)C[C@H]2[C@@H]3CCC4=CC(=O)CC[C@]4(C([2H])([2H])[2H])[C@H]3CC[C@]2(C)[C@H]1O.[2H]C1=C2C([2H])([2H])C[C@H]3[C@@H]4CC(C)[C@H](O)[C@@]4(C)CC[C@@H]3[C@@]2(C([2H])([2H])[2H])CC([2H])([2H])C1=O.[2H]C1C(=O)C=C2CC[C@H]3[C@@H]4CC(C)[C@H](O)[C@@]4(C)CC[C@@H]3[C@@]2(C([2H])([2H])[2H])C1[2H].[2H]C1CC(=O)C=C2CC[C@@H]3[C@H](CC[C@@]4(C)[C@H]3CC([2H])(C)[C@]4([2H])O)[C@]21C([2H])([2H])[2H]. The first-order chi connectivity index (χ1) is 62.9. The second kappa shape index (κ2) is 28.6. The van der Waals surface area contributed by atoms with Crippen LogP contribution in [-0.4, -0.2) is 84.9 Å². The summed E-state index contributed by atoms with van der Waals surface area (Å²) in [5.74, 6) is -5.65. The van der Waals surface area contributed by atoms with Crippen molar-refractivity contribution >= 4 is 28.9 Å². The predicted octanol–water partition coefficient (Wildman–Crippen LogP) is 20.6. The maximum Gasteiger partial charge on any atom is 0.155 e. The molecule has 15 saturated carbocycles. The normalized spacial score (nSPS) is 64.9. The molecule has 8 unspecified atom stereocenters. The summed E-state index contributed by atoms with van der Waals surface area (Å²) in [6, 6.07) is -0.793. The zero-order chi connectivity index (χ0) is 103. The molecule has 0 saturated heterocycles. The zero-order valence-electron chi connectivity index (χ0n) is 95.6. The van der Waals surface area contributed by atoms with Gasteiger partial charge in [0.05, 0.1) is 34.6 Å². The Bertz CT molecular complexity index is 5040. The van der Waals surface area contributed by atoms with Crippen molar-refractivity contribution in [2.24, 2.45) is 172 Å². The number of hydrogen-bond donors (Lipinski definition) is 5. The summed E-state index contributed by atoms with van der Waals surface area (Å²) in [7, 11) is 0. The van der Waals surface area contributed by atoms with Crippen LogP contribution in [0, 0.1) is 172 Å². The number of rotatable bonds is 0. The molecule has 0 aromatic carbocycles. The van der Waals surface area contributed by atoms with Crippen LogP contribution in [0.1, 0.15) is 366 Å². The molecule has 0 heterocycles. The molecule has 0 aromatic rings. The van der Waals surface area contributed by atoms with Gasteiger partial charge in [-0.1, -0.05) is 131 Å². The fourth-order valence-corrected chi connectivity index (χ4v) is 30.4. The van der Waals surface area contributed by atoms with Gasteiger partial charge in [-0.15, -0.1) is 0 Å². The number of carbonyl (C=O) groups excluding carboxylic acids is 5. The van der Waals surface area contributed by atoms with Crippen LogP contribution in [0.25, 0.3) is 0 Å². The van der Waals surface area contributed by atoms with Crippen molar-refractivity contribution in [1.82, 2.24) is 0 Å². The largest absolute Gasteiger partial charge is 0.392 e. The van der Waals surface area contributed by atoms with Crippen molar-refractivity contribution in [3.63, 3.8) is 0 Å². The van der Waals surface area contributed by atoms with Gasteiger partial charge in [0.2, 0.25) is 0 Å². The van der Waals surface area contributed by atoms with Crippen molar-refractivity contribution < 1.29 is 87.9 Å². The molecule has 0 aromatic heterocycles. The molecule has 0 aliphatic heterocycles. The van der Waals surface area contributed by atoms with E-state index in [1.807, 2.05) is 34.6 Å². The summed E-state index contributed by atoms with van der Waals surface area (Å²) >= 11 is 0. The minimum absolute atomic E-state index is 0.00316. The number of fused-ring (bicyclic) bond motifs is 25. The van der Waals surface area contributed by atoms with Gasteiger partial charge in [-0.05, 0) is 395 Å². The average Bonchev–Trinajstić information content (AvgIpc) is 1.49. The molecule has 0 radical (unpaired) electrons. The van der Waals surface area contributed by atoms with Crippen LogP contribution >= 0.6 is 0 Å². The molecule has 610 valence electrons. The Morgan fingerprint density at radius 3 is 1.11 bits per heavy atom. The number of ketones is 5. The Kier molecular flexibility index (Phi) is 13.8. The zero-order valence-corrected chi connectivity index (χ0v) is 67.6. The minimum Gasteiger partial charge on any atom is -0.392 e. The molecule has 10 nitrogen and oxygen atoms in total. The third kappa shape index (κ3) is 12.4. The van der Waals surface area contributed by atoms with E-state index in [1.54, 1.807) is 26.0 Å². The van der Waals surface area contributed by atoms with Gasteiger partial charge >= 0.3 is 0 Å². The van der Waals surface area contributed by atoms with E-state index in [4.69, 9.17) is 38.4 Å². The molecule has 0 amide bonds. The van der Waals surface area contributed by atoms with E-state index in [2.05, 4.69) is 20.8 Å². The minimum atomic E-state index is -2.75. The van der Waals surface area contributed by atoms with Crippen LogP contribution in [0.3, 0.4) is 0 Å². The first kappa shape index (κ1) is 53.3. The summed E-state index contributed by atoms with van der Waals surface area (Å²) in [4.78, 5) is 60.8. The van der Waals surface area contributed by atoms with Crippen molar-refractivity contribution in [1.29, 1.82) is 0 Å². The van der Waals surface area contributed by atoms with Crippen LogP contribution in [-0.2, 0) is 24.0 Å². The van der Waals surface area contributed by atoms with Gasteiger partial charge in [0, 0.05) is 66.3 Å². The maximum atomic E-state index is 12.5. The lowest BCUT2D eigenvalue weighted by atomic mass is 9.47. The van der Waals surface area contributed by atoms with E-state index in [1.165, 1.54) is 12.2 Å². The number of allylic oxidation sites excluding steroid dienone is 5. The maximum absolute atomic E-state index is 12.5. The Balaban J connectivity index is 0.000000125. The van der Waals surface area contributed by atoms with E-state index in [0.29, 0.717) is 133 Å². The van der Waals surface area contributed by atoms with E-state index >= 15 is 0 Å². The molecule has 38 atom stereocenters. The highest BCUT2D eigenvalue weighted by atomic mass is 16.3. The van der Waals surface area contributed by atoms with Gasteiger partial charge in [0.1, 0.15) is 0 Å². The molecular formula is C100H150O10. The standard InChI is InChI=1S/5C20H30O2/c5*1-12-10-17-15-5-4-13-11-14(21)6-8-19(13,2)16(15)7-9-20(17,3)18(12)22/h5*11-12,15-18,22H,4-10H2,1-3H3/t5*12?,15-,16+,17+,18+,19+,20+/m11111/s1/i2D3,8D,12D,18D;2D3,4D2,6D2,11D;2D3,12D,18D;2D3,6D,8D;2D3,12D/t8?,12?,15-,16+,17+,18+,19+,20+;2m;6?,8?,12?,15-,16+,17+,18+,19+,20+;m. The first-order valence-electron chi connectivity index (χ1n) is 57.6. The number of aliphatic hydroxyl groups excluding tert-OH is 3. The van der Waals surface area contributed by atoms with Gasteiger partial charge in [0.15, 0.2) is 28.9 Å². The average molecular weight is 1540 g/mol.